The minimum atomic E-state index is 0.630. The number of hydrogen-bond donors (Lipinski definition) is 3. The molecule has 1 aromatic heterocycles. The summed E-state index contributed by atoms with van der Waals surface area (Å²) < 4.78 is 0. The van der Waals surface area contributed by atoms with Gasteiger partial charge in [-0.3, -0.25) is 0 Å². The van der Waals surface area contributed by atoms with E-state index in [0.717, 1.165) is 31.5 Å². The van der Waals surface area contributed by atoms with Crippen molar-refractivity contribution < 1.29 is 0 Å². The lowest BCUT2D eigenvalue weighted by molar-refractivity contribution is 0.278. The lowest BCUT2D eigenvalue weighted by atomic mass is 9.81. The van der Waals surface area contributed by atoms with Gasteiger partial charge in [0.25, 0.3) is 0 Å². The Balaban J connectivity index is 1.91. The predicted octanol–water partition coefficient (Wildman–Crippen LogP) is 3.36. The van der Waals surface area contributed by atoms with Crippen molar-refractivity contribution in [3.63, 3.8) is 0 Å². The Kier molecular flexibility index (Phi) is 6.68. The highest BCUT2D eigenvalue weighted by Crippen LogP contribution is 2.30. The van der Waals surface area contributed by atoms with Gasteiger partial charge in [-0.15, -0.1) is 0 Å². The normalized spacial score (nSPS) is 21.4. The van der Waals surface area contributed by atoms with Crippen LogP contribution in [-0.2, 0) is 0 Å². The zero-order valence-corrected chi connectivity index (χ0v) is 14.2. The maximum atomic E-state index is 4.44. The molecule has 0 amide bonds. The Morgan fingerprint density at radius 1 is 0.727 bits per heavy atom. The van der Waals surface area contributed by atoms with E-state index in [2.05, 4.69) is 37.8 Å². The summed E-state index contributed by atoms with van der Waals surface area (Å²) in [7, 11) is 0. The molecule has 1 saturated carbocycles. The summed E-state index contributed by atoms with van der Waals surface area (Å²) in [5.41, 5.74) is 0. The third-order valence-corrected chi connectivity index (χ3v) is 4.40. The summed E-state index contributed by atoms with van der Waals surface area (Å²) in [4.78, 5) is 13.2. The Morgan fingerprint density at radius 3 is 1.64 bits per heavy atom. The maximum Gasteiger partial charge on any atom is 0.229 e. The van der Waals surface area contributed by atoms with Crippen molar-refractivity contribution in [3.05, 3.63) is 0 Å². The fourth-order valence-corrected chi connectivity index (χ4v) is 3.01. The molecule has 0 unspecified atom stereocenters. The number of anilines is 3. The number of aromatic nitrogens is 3. The van der Waals surface area contributed by atoms with Gasteiger partial charge in [-0.25, -0.2) is 0 Å². The first-order valence-corrected chi connectivity index (χ1v) is 8.72. The van der Waals surface area contributed by atoms with E-state index < -0.39 is 0 Å². The smallest absolute Gasteiger partial charge is 0.229 e. The van der Waals surface area contributed by atoms with E-state index in [4.69, 9.17) is 0 Å². The van der Waals surface area contributed by atoms with Crippen molar-refractivity contribution in [3.8, 4) is 0 Å². The van der Waals surface area contributed by atoms with Gasteiger partial charge in [0.05, 0.1) is 0 Å². The van der Waals surface area contributed by atoms with Crippen LogP contribution in [-0.4, -0.2) is 34.6 Å². The molecule has 1 aliphatic rings. The highest BCUT2D eigenvalue weighted by atomic mass is 15.3. The highest BCUT2D eigenvalue weighted by molar-refractivity contribution is 5.42. The van der Waals surface area contributed by atoms with Crippen molar-refractivity contribution in [2.24, 2.45) is 11.8 Å². The second-order valence-electron chi connectivity index (χ2n) is 6.04. The fraction of sp³-hybridized carbons (Fsp3) is 0.812. The summed E-state index contributed by atoms with van der Waals surface area (Å²) in [5.74, 6) is 3.61. The van der Waals surface area contributed by atoms with Gasteiger partial charge >= 0.3 is 0 Å². The molecule has 0 aromatic carbocycles. The van der Waals surface area contributed by atoms with Crippen LogP contribution < -0.4 is 16.0 Å². The minimum absolute atomic E-state index is 0.630. The molecule has 1 fully saturated rings. The number of rotatable bonds is 8. The van der Waals surface area contributed by atoms with Crippen LogP contribution in [0.25, 0.3) is 0 Å². The van der Waals surface area contributed by atoms with E-state index in [-0.39, 0.29) is 0 Å². The van der Waals surface area contributed by atoms with E-state index in [1.165, 1.54) is 32.1 Å². The van der Waals surface area contributed by atoms with Crippen LogP contribution in [0.15, 0.2) is 0 Å². The van der Waals surface area contributed by atoms with Crippen molar-refractivity contribution in [1.29, 1.82) is 0 Å². The quantitative estimate of drug-likeness (QED) is 0.684. The standard InChI is InChI=1S/C16H30N6/c1-4-12-7-9-13(10-8-12)11-19-16-21-14(17-5-2)20-15(22-16)18-6-3/h12-13H,4-11H2,1-3H3,(H3,17,18,19,20,21,22). The van der Waals surface area contributed by atoms with Crippen LogP contribution in [0.2, 0.25) is 0 Å². The van der Waals surface area contributed by atoms with E-state index in [1.807, 2.05) is 13.8 Å². The van der Waals surface area contributed by atoms with Gasteiger partial charge in [0, 0.05) is 19.6 Å². The molecule has 124 valence electrons. The molecule has 22 heavy (non-hydrogen) atoms. The lowest BCUT2D eigenvalue weighted by Crippen LogP contribution is -2.22. The average Bonchev–Trinajstić information content (AvgIpc) is 2.54. The van der Waals surface area contributed by atoms with Gasteiger partial charge in [0.2, 0.25) is 17.8 Å². The van der Waals surface area contributed by atoms with E-state index in [1.54, 1.807) is 0 Å². The Labute approximate surface area is 133 Å². The summed E-state index contributed by atoms with van der Waals surface area (Å²) in [6.07, 6.45) is 6.69. The molecule has 6 nitrogen and oxygen atoms in total. The first-order chi connectivity index (χ1) is 10.7. The van der Waals surface area contributed by atoms with Crippen LogP contribution in [0.1, 0.15) is 52.9 Å². The Hall–Kier alpha value is -1.59. The largest absolute Gasteiger partial charge is 0.354 e. The van der Waals surface area contributed by atoms with E-state index >= 15 is 0 Å². The summed E-state index contributed by atoms with van der Waals surface area (Å²) in [5, 5.41) is 9.71. The summed E-state index contributed by atoms with van der Waals surface area (Å²) >= 11 is 0. The van der Waals surface area contributed by atoms with Gasteiger partial charge < -0.3 is 16.0 Å². The fourth-order valence-electron chi connectivity index (χ4n) is 3.01. The van der Waals surface area contributed by atoms with Crippen molar-refractivity contribution in [1.82, 2.24) is 15.0 Å². The number of nitrogens with zero attached hydrogens (tertiary/aromatic N) is 3. The first kappa shape index (κ1) is 16.8. The molecule has 2 rings (SSSR count). The second-order valence-corrected chi connectivity index (χ2v) is 6.04. The lowest BCUT2D eigenvalue weighted by Gasteiger charge is -2.27. The molecule has 6 heteroatoms. The average molecular weight is 306 g/mol. The Morgan fingerprint density at radius 2 is 1.18 bits per heavy atom. The maximum absolute atomic E-state index is 4.44. The van der Waals surface area contributed by atoms with Gasteiger partial charge in [0.15, 0.2) is 0 Å². The van der Waals surface area contributed by atoms with E-state index in [9.17, 15) is 0 Å². The minimum Gasteiger partial charge on any atom is -0.354 e. The molecule has 0 spiro atoms. The summed E-state index contributed by atoms with van der Waals surface area (Å²) in [6.45, 7) is 8.94. The third-order valence-electron chi connectivity index (χ3n) is 4.40. The van der Waals surface area contributed by atoms with Crippen LogP contribution in [0.5, 0.6) is 0 Å². The molecule has 0 bridgehead atoms. The molecule has 3 N–H and O–H groups in total. The van der Waals surface area contributed by atoms with Gasteiger partial charge in [-0.2, -0.15) is 15.0 Å². The van der Waals surface area contributed by atoms with Crippen LogP contribution in [0.3, 0.4) is 0 Å². The molecule has 1 heterocycles. The molecular formula is C16H30N6. The van der Waals surface area contributed by atoms with Crippen molar-refractivity contribution in [2.75, 3.05) is 35.6 Å². The van der Waals surface area contributed by atoms with Crippen LogP contribution >= 0.6 is 0 Å². The van der Waals surface area contributed by atoms with Crippen LogP contribution in [0.4, 0.5) is 17.8 Å². The van der Waals surface area contributed by atoms with Gasteiger partial charge in [-0.1, -0.05) is 26.2 Å². The molecular weight excluding hydrogens is 276 g/mol. The zero-order chi connectivity index (χ0) is 15.8. The molecule has 0 atom stereocenters. The van der Waals surface area contributed by atoms with Crippen molar-refractivity contribution in [2.45, 2.75) is 52.9 Å². The topological polar surface area (TPSA) is 74.8 Å². The Bertz CT molecular complexity index is 418. The van der Waals surface area contributed by atoms with Gasteiger partial charge in [0.1, 0.15) is 0 Å². The zero-order valence-electron chi connectivity index (χ0n) is 14.2. The summed E-state index contributed by atoms with van der Waals surface area (Å²) in [6, 6.07) is 0. The second kappa shape index (κ2) is 8.76. The molecule has 1 aromatic rings. The number of hydrogen-bond acceptors (Lipinski definition) is 6. The van der Waals surface area contributed by atoms with Gasteiger partial charge in [-0.05, 0) is 38.5 Å². The molecule has 0 saturated heterocycles. The number of nitrogens with one attached hydrogen (secondary N) is 3. The van der Waals surface area contributed by atoms with E-state index in [0.29, 0.717) is 17.8 Å². The highest BCUT2D eigenvalue weighted by Gasteiger charge is 2.20. The van der Waals surface area contributed by atoms with Crippen molar-refractivity contribution >= 4 is 17.8 Å². The van der Waals surface area contributed by atoms with Crippen LogP contribution in [0, 0.1) is 11.8 Å². The third kappa shape index (κ3) is 5.00. The molecule has 0 radical (unpaired) electrons. The molecule has 0 aliphatic heterocycles. The SMILES string of the molecule is CCNc1nc(NCC)nc(NCC2CCC(CC)CC2)n1. The predicted molar refractivity (Wildman–Crippen MR) is 92.4 cm³/mol. The first-order valence-electron chi connectivity index (χ1n) is 8.72. The molecule has 1 aliphatic carbocycles. The monoisotopic (exact) mass is 306 g/mol.